The molecule has 0 radical (unpaired) electrons. The summed E-state index contributed by atoms with van der Waals surface area (Å²) in [6, 6.07) is 7.44. The number of sulfone groups is 1. The number of carbonyl (C=O) groups is 2. The Morgan fingerprint density at radius 2 is 1.59 bits per heavy atom. The van der Waals surface area contributed by atoms with Gasteiger partial charge in [0.2, 0.25) is 0 Å². The third-order valence-electron chi connectivity index (χ3n) is 5.40. The van der Waals surface area contributed by atoms with Crippen molar-refractivity contribution in [3.63, 3.8) is 0 Å². The second kappa shape index (κ2) is 10.9. The third-order valence-corrected chi connectivity index (χ3v) is 11.6. The van der Waals surface area contributed by atoms with Crippen LogP contribution in [0.5, 0.6) is 0 Å². The zero-order valence-corrected chi connectivity index (χ0v) is 22.5. The Bertz CT molecular complexity index is 870. The second-order valence-electron chi connectivity index (χ2n) is 10.6. The van der Waals surface area contributed by atoms with Gasteiger partial charge in [0, 0.05) is 6.42 Å². The number of nitrogens with one attached hydrogen (secondary N) is 1. The van der Waals surface area contributed by atoms with Crippen molar-refractivity contribution in [2.75, 3.05) is 12.4 Å². The number of amides is 1. The van der Waals surface area contributed by atoms with Gasteiger partial charge in [-0.15, -0.1) is 0 Å². The van der Waals surface area contributed by atoms with Crippen molar-refractivity contribution < 1.29 is 27.2 Å². The fourth-order valence-electron chi connectivity index (χ4n) is 2.53. The Hall–Kier alpha value is -1.71. The molecule has 1 atom stereocenters. The highest BCUT2D eigenvalue weighted by Gasteiger charge is 2.38. The highest BCUT2D eigenvalue weighted by molar-refractivity contribution is 7.92. The van der Waals surface area contributed by atoms with Crippen molar-refractivity contribution in [2.24, 2.45) is 0 Å². The highest BCUT2D eigenvalue weighted by Crippen LogP contribution is 2.36. The topological polar surface area (TPSA) is 98.8 Å². The van der Waals surface area contributed by atoms with E-state index >= 15 is 0 Å². The van der Waals surface area contributed by atoms with Gasteiger partial charge in [-0.3, -0.25) is 4.79 Å². The maximum atomic E-state index is 12.5. The van der Waals surface area contributed by atoms with Gasteiger partial charge in [-0.05, 0) is 57.5 Å². The number of hydrogen-bond acceptors (Lipinski definition) is 6. The van der Waals surface area contributed by atoms with Crippen LogP contribution in [-0.2, 0) is 23.8 Å². The molecular formula is C23H39NO6SSi. The van der Waals surface area contributed by atoms with Gasteiger partial charge in [-0.1, -0.05) is 39.0 Å². The van der Waals surface area contributed by atoms with Crippen LogP contribution in [0.2, 0.25) is 18.1 Å². The minimum absolute atomic E-state index is 0.00733. The van der Waals surface area contributed by atoms with E-state index in [0.717, 1.165) is 0 Å². The molecule has 0 fully saturated rings. The lowest BCUT2D eigenvalue weighted by Gasteiger charge is -2.37. The van der Waals surface area contributed by atoms with Gasteiger partial charge in [0.15, 0.2) is 18.2 Å². The van der Waals surface area contributed by atoms with E-state index < -0.39 is 47.4 Å². The molecule has 0 aromatic heterocycles. The molecule has 1 N–H and O–H groups in total. The lowest BCUT2D eigenvalue weighted by Crippen LogP contribution is -2.47. The molecule has 0 aliphatic carbocycles. The number of Topliss-reactive ketones (excluding diaryl/α,β-unsaturated/α-hetero) is 1. The van der Waals surface area contributed by atoms with Crippen molar-refractivity contribution in [3.8, 4) is 0 Å². The van der Waals surface area contributed by atoms with Crippen LogP contribution in [-0.4, -0.2) is 52.6 Å². The van der Waals surface area contributed by atoms with E-state index in [2.05, 4.69) is 39.2 Å². The first-order valence-corrected chi connectivity index (χ1v) is 15.4. The molecule has 0 saturated heterocycles. The first-order chi connectivity index (χ1) is 14.4. The van der Waals surface area contributed by atoms with Crippen LogP contribution >= 0.6 is 0 Å². The van der Waals surface area contributed by atoms with Crippen molar-refractivity contribution in [1.82, 2.24) is 5.32 Å². The molecule has 0 spiro atoms. The molecule has 0 aliphatic rings. The van der Waals surface area contributed by atoms with Crippen molar-refractivity contribution in [3.05, 3.63) is 30.3 Å². The summed E-state index contributed by atoms with van der Waals surface area (Å²) in [6.45, 7) is 16.1. The van der Waals surface area contributed by atoms with Gasteiger partial charge >= 0.3 is 6.09 Å². The maximum absolute atomic E-state index is 12.5. The summed E-state index contributed by atoms with van der Waals surface area (Å²) in [4.78, 5) is 24.9. The van der Waals surface area contributed by atoms with Crippen LogP contribution in [0.25, 0.3) is 0 Å². The standard InChI is InChI=1S/C23H39NO6SSi/c1-22(2,3)30-21(26)24-18(16-29-32(7,8)23(4,5)6)14-15-19(25)17-31(27,28)20-12-10-9-11-13-20/h9-13,18H,14-17H2,1-8H3,(H,24,26). The lowest BCUT2D eigenvalue weighted by molar-refractivity contribution is -0.116. The predicted octanol–water partition coefficient (Wildman–Crippen LogP) is 4.72. The SMILES string of the molecule is CC(C)(C)OC(=O)NC(CCC(=O)CS(=O)(=O)c1ccccc1)CO[Si](C)(C)C(C)(C)C. The van der Waals surface area contributed by atoms with Gasteiger partial charge in [-0.2, -0.15) is 0 Å². The summed E-state index contributed by atoms with van der Waals surface area (Å²) in [6.07, 6.45) is -0.324. The fraction of sp³-hybridized carbons (Fsp3) is 0.652. The predicted molar refractivity (Wildman–Crippen MR) is 129 cm³/mol. The van der Waals surface area contributed by atoms with E-state index in [1.54, 1.807) is 39.0 Å². The van der Waals surface area contributed by atoms with Gasteiger partial charge in [-0.25, -0.2) is 13.2 Å². The summed E-state index contributed by atoms with van der Waals surface area (Å²) >= 11 is 0. The van der Waals surface area contributed by atoms with Crippen LogP contribution in [0.3, 0.4) is 0 Å². The molecule has 7 nitrogen and oxygen atoms in total. The molecule has 1 amide bonds. The molecule has 0 saturated carbocycles. The average molecular weight is 486 g/mol. The molecule has 0 heterocycles. The minimum Gasteiger partial charge on any atom is -0.444 e. The summed E-state index contributed by atoms with van der Waals surface area (Å²) < 4.78 is 36.5. The molecule has 1 aromatic rings. The smallest absolute Gasteiger partial charge is 0.407 e. The van der Waals surface area contributed by atoms with Crippen LogP contribution in [0.15, 0.2) is 35.2 Å². The minimum atomic E-state index is -3.70. The normalized spacial score (nSPS) is 14.0. The van der Waals surface area contributed by atoms with Gasteiger partial charge in [0.1, 0.15) is 17.1 Å². The number of ether oxygens (including phenoxy) is 1. The third kappa shape index (κ3) is 9.83. The fourth-order valence-corrected chi connectivity index (χ4v) is 4.88. The number of rotatable bonds is 10. The molecule has 1 aromatic carbocycles. The zero-order valence-electron chi connectivity index (χ0n) is 20.7. The van der Waals surface area contributed by atoms with Crippen molar-refractivity contribution >= 4 is 30.0 Å². The molecule has 32 heavy (non-hydrogen) atoms. The quantitative estimate of drug-likeness (QED) is 0.481. The Morgan fingerprint density at radius 3 is 2.09 bits per heavy atom. The molecule has 0 bridgehead atoms. The molecule has 1 unspecified atom stereocenters. The summed E-state index contributed by atoms with van der Waals surface area (Å²) in [7, 11) is -5.77. The second-order valence-corrected chi connectivity index (χ2v) is 17.4. The van der Waals surface area contributed by atoms with Crippen LogP contribution in [0.1, 0.15) is 54.4 Å². The van der Waals surface area contributed by atoms with Crippen LogP contribution in [0, 0.1) is 0 Å². The molecule has 182 valence electrons. The van der Waals surface area contributed by atoms with E-state index in [-0.39, 0.29) is 29.4 Å². The molecule has 9 heteroatoms. The Labute approximate surface area is 194 Å². The van der Waals surface area contributed by atoms with Gasteiger partial charge in [0.05, 0.1) is 17.5 Å². The number of benzene rings is 1. The monoisotopic (exact) mass is 485 g/mol. The Kier molecular flexibility index (Phi) is 9.68. The largest absolute Gasteiger partial charge is 0.444 e. The average Bonchev–Trinajstić information content (AvgIpc) is 2.62. The zero-order chi connectivity index (χ0) is 24.8. The molecule has 1 rings (SSSR count). The van der Waals surface area contributed by atoms with E-state index in [1.807, 2.05) is 0 Å². The first-order valence-electron chi connectivity index (χ1n) is 10.9. The van der Waals surface area contributed by atoms with Crippen molar-refractivity contribution in [1.29, 1.82) is 0 Å². The number of ketones is 1. The summed E-state index contributed by atoms with van der Waals surface area (Å²) in [5, 5.41) is 2.77. The molecule has 0 aliphatic heterocycles. The van der Waals surface area contributed by atoms with Gasteiger partial charge < -0.3 is 14.5 Å². The highest BCUT2D eigenvalue weighted by atomic mass is 32.2. The Balaban J connectivity index is 2.81. The van der Waals surface area contributed by atoms with E-state index in [9.17, 15) is 18.0 Å². The first kappa shape index (κ1) is 28.3. The van der Waals surface area contributed by atoms with Gasteiger partial charge in [0.25, 0.3) is 0 Å². The number of alkyl carbamates (subject to hydrolysis) is 1. The van der Waals surface area contributed by atoms with E-state index in [4.69, 9.17) is 9.16 Å². The summed E-state index contributed by atoms with van der Waals surface area (Å²) in [5.41, 5.74) is -0.658. The lowest BCUT2D eigenvalue weighted by atomic mass is 10.1. The van der Waals surface area contributed by atoms with Crippen LogP contribution in [0.4, 0.5) is 4.79 Å². The number of carbonyl (C=O) groups excluding carboxylic acids is 2. The summed E-state index contributed by atoms with van der Waals surface area (Å²) in [5.74, 6) is -0.976. The van der Waals surface area contributed by atoms with Crippen LogP contribution < -0.4 is 5.32 Å². The maximum Gasteiger partial charge on any atom is 0.407 e. The molecular weight excluding hydrogens is 446 g/mol. The number of hydrogen-bond donors (Lipinski definition) is 1. The van der Waals surface area contributed by atoms with E-state index in [1.165, 1.54) is 12.1 Å². The van der Waals surface area contributed by atoms with E-state index in [0.29, 0.717) is 0 Å². The van der Waals surface area contributed by atoms with Crippen molar-refractivity contribution in [2.45, 2.75) is 89.1 Å². The Morgan fingerprint density at radius 1 is 1.03 bits per heavy atom.